The molecule has 2 rings (SSSR count). The van der Waals surface area contributed by atoms with E-state index in [2.05, 4.69) is 15.6 Å². The molecule has 7 heteroatoms. The number of ether oxygens (including phenoxy) is 2. The van der Waals surface area contributed by atoms with Crippen molar-refractivity contribution in [3.8, 4) is 11.5 Å². The van der Waals surface area contributed by atoms with Gasteiger partial charge in [0.1, 0.15) is 6.10 Å². The second-order valence-electron chi connectivity index (χ2n) is 5.82. The van der Waals surface area contributed by atoms with E-state index in [-0.39, 0.29) is 6.10 Å². The predicted molar refractivity (Wildman–Crippen MR) is 110 cm³/mol. The van der Waals surface area contributed by atoms with Crippen LogP contribution in [-0.2, 0) is 10.8 Å². The number of nitrogens with one attached hydrogen (secondary N) is 2. The third kappa shape index (κ3) is 6.94. The summed E-state index contributed by atoms with van der Waals surface area (Å²) >= 11 is 0. The van der Waals surface area contributed by atoms with Gasteiger partial charge in [0.25, 0.3) is 0 Å². The summed E-state index contributed by atoms with van der Waals surface area (Å²) in [4.78, 5) is 5.02. The third-order valence-electron chi connectivity index (χ3n) is 3.76. The summed E-state index contributed by atoms with van der Waals surface area (Å²) in [5.41, 5.74) is 0. The van der Waals surface area contributed by atoms with Crippen LogP contribution in [0, 0.1) is 0 Å². The van der Waals surface area contributed by atoms with Gasteiger partial charge in [-0.3, -0.25) is 9.20 Å². The molecule has 0 heterocycles. The molecule has 0 aromatic heterocycles. The number of rotatable bonds is 9. The molecule has 0 bridgehead atoms. The number of benzene rings is 2. The lowest BCUT2D eigenvalue weighted by molar-refractivity contribution is 0.213. The first-order valence-corrected chi connectivity index (χ1v) is 10.1. The first-order chi connectivity index (χ1) is 13.1. The van der Waals surface area contributed by atoms with E-state index in [9.17, 15) is 4.21 Å². The van der Waals surface area contributed by atoms with Crippen molar-refractivity contribution >= 4 is 16.8 Å². The lowest BCUT2D eigenvalue weighted by atomic mass is 10.3. The summed E-state index contributed by atoms with van der Waals surface area (Å²) < 4.78 is 23.4. The minimum absolute atomic E-state index is 0.0849. The van der Waals surface area contributed by atoms with Crippen molar-refractivity contribution in [1.29, 1.82) is 0 Å². The fourth-order valence-corrected chi connectivity index (χ4v) is 3.37. The molecule has 2 aromatic carbocycles. The molecule has 0 aliphatic rings. The Hall–Kier alpha value is -2.54. The molecular weight excluding hydrogens is 362 g/mol. The lowest BCUT2D eigenvalue weighted by Crippen LogP contribution is -2.43. The highest BCUT2D eigenvalue weighted by atomic mass is 32.2. The van der Waals surface area contributed by atoms with E-state index >= 15 is 0 Å². The van der Waals surface area contributed by atoms with Gasteiger partial charge in [-0.15, -0.1) is 0 Å². The van der Waals surface area contributed by atoms with Crippen molar-refractivity contribution < 1.29 is 13.7 Å². The summed E-state index contributed by atoms with van der Waals surface area (Å²) in [6.45, 7) is 3.10. The molecule has 146 valence electrons. The van der Waals surface area contributed by atoms with Crippen LogP contribution < -0.4 is 20.1 Å². The maximum absolute atomic E-state index is 12.2. The van der Waals surface area contributed by atoms with E-state index in [0.717, 1.165) is 4.90 Å². The van der Waals surface area contributed by atoms with Crippen LogP contribution in [0.2, 0.25) is 0 Å². The molecule has 0 fully saturated rings. The standard InChI is InChI=1S/C20H27N3O3S/c1-16(26-19-12-8-7-11-18(19)25-3)15-23-20(21-2)22-13-14-27(24)17-9-5-4-6-10-17/h4-12,16H,13-15H2,1-3H3,(H2,21,22,23). The number of nitrogens with zero attached hydrogens (tertiary/aromatic N) is 1. The van der Waals surface area contributed by atoms with Crippen molar-refractivity contribution in [2.24, 2.45) is 4.99 Å². The molecule has 6 nitrogen and oxygen atoms in total. The Morgan fingerprint density at radius 2 is 1.74 bits per heavy atom. The zero-order valence-electron chi connectivity index (χ0n) is 16.0. The first kappa shape index (κ1) is 20.8. The molecule has 0 aliphatic carbocycles. The molecule has 0 saturated carbocycles. The van der Waals surface area contributed by atoms with Crippen LogP contribution in [0.5, 0.6) is 11.5 Å². The summed E-state index contributed by atoms with van der Waals surface area (Å²) in [5.74, 6) is 2.57. The van der Waals surface area contributed by atoms with Gasteiger partial charge in [-0.25, -0.2) is 0 Å². The molecule has 0 aliphatic heterocycles. The molecule has 0 radical (unpaired) electrons. The van der Waals surface area contributed by atoms with E-state index in [1.54, 1.807) is 14.2 Å². The summed E-state index contributed by atoms with van der Waals surface area (Å²) in [7, 11) is 2.30. The van der Waals surface area contributed by atoms with Gasteiger partial charge in [-0.05, 0) is 31.2 Å². The van der Waals surface area contributed by atoms with Crippen molar-refractivity contribution in [2.45, 2.75) is 17.9 Å². The van der Waals surface area contributed by atoms with Crippen molar-refractivity contribution in [2.75, 3.05) is 33.0 Å². The number of methoxy groups -OCH3 is 1. The quantitative estimate of drug-likeness (QED) is 0.509. The van der Waals surface area contributed by atoms with Crippen LogP contribution in [0.15, 0.2) is 64.5 Å². The Labute approximate surface area is 163 Å². The fourth-order valence-electron chi connectivity index (χ4n) is 2.39. The summed E-state index contributed by atoms with van der Waals surface area (Å²) in [6.07, 6.45) is -0.0849. The highest BCUT2D eigenvalue weighted by molar-refractivity contribution is 7.85. The molecule has 2 unspecified atom stereocenters. The maximum Gasteiger partial charge on any atom is 0.191 e. The number of guanidine groups is 1. The molecule has 0 amide bonds. The topological polar surface area (TPSA) is 72.0 Å². The van der Waals surface area contributed by atoms with Crippen LogP contribution in [0.1, 0.15) is 6.92 Å². The first-order valence-electron chi connectivity index (χ1n) is 8.81. The van der Waals surface area contributed by atoms with Gasteiger partial charge in [-0.2, -0.15) is 0 Å². The molecule has 2 atom stereocenters. The minimum Gasteiger partial charge on any atom is -0.493 e. The number of aliphatic imine (C=N–C) groups is 1. The van der Waals surface area contributed by atoms with E-state index < -0.39 is 10.8 Å². The Morgan fingerprint density at radius 1 is 1.07 bits per heavy atom. The normalized spacial score (nSPS) is 13.5. The average Bonchev–Trinajstić information content (AvgIpc) is 2.71. The zero-order chi connectivity index (χ0) is 19.5. The van der Waals surface area contributed by atoms with E-state index in [4.69, 9.17) is 9.47 Å². The highest BCUT2D eigenvalue weighted by Gasteiger charge is 2.09. The smallest absolute Gasteiger partial charge is 0.191 e. The molecule has 27 heavy (non-hydrogen) atoms. The van der Waals surface area contributed by atoms with E-state index in [0.29, 0.717) is 36.3 Å². The minimum atomic E-state index is -1.03. The van der Waals surface area contributed by atoms with Crippen LogP contribution in [0.3, 0.4) is 0 Å². The highest BCUT2D eigenvalue weighted by Crippen LogP contribution is 2.26. The largest absolute Gasteiger partial charge is 0.493 e. The Morgan fingerprint density at radius 3 is 2.41 bits per heavy atom. The van der Waals surface area contributed by atoms with Crippen LogP contribution in [0.25, 0.3) is 0 Å². The Bertz CT molecular complexity index is 753. The van der Waals surface area contributed by atoms with Gasteiger partial charge in [0.2, 0.25) is 0 Å². The van der Waals surface area contributed by atoms with Gasteiger partial charge in [0.15, 0.2) is 17.5 Å². The van der Waals surface area contributed by atoms with E-state index in [1.165, 1.54) is 0 Å². The fraction of sp³-hybridized carbons (Fsp3) is 0.350. The Kier molecular flexibility index (Phi) is 8.64. The molecule has 0 spiro atoms. The second kappa shape index (κ2) is 11.2. The Balaban J connectivity index is 1.74. The van der Waals surface area contributed by atoms with Gasteiger partial charge >= 0.3 is 0 Å². The molecule has 2 N–H and O–H groups in total. The van der Waals surface area contributed by atoms with E-state index in [1.807, 2.05) is 61.5 Å². The third-order valence-corrected chi connectivity index (χ3v) is 5.14. The van der Waals surface area contributed by atoms with Gasteiger partial charge < -0.3 is 20.1 Å². The summed E-state index contributed by atoms with van der Waals surface area (Å²) in [6, 6.07) is 17.0. The molecule has 0 saturated heterocycles. The van der Waals surface area contributed by atoms with Gasteiger partial charge in [0.05, 0.1) is 24.5 Å². The monoisotopic (exact) mass is 389 g/mol. The lowest BCUT2D eigenvalue weighted by Gasteiger charge is -2.19. The van der Waals surface area contributed by atoms with Crippen LogP contribution >= 0.6 is 0 Å². The van der Waals surface area contributed by atoms with Gasteiger partial charge in [0, 0.05) is 24.2 Å². The van der Waals surface area contributed by atoms with Gasteiger partial charge in [-0.1, -0.05) is 30.3 Å². The van der Waals surface area contributed by atoms with Crippen LogP contribution in [0.4, 0.5) is 0 Å². The van der Waals surface area contributed by atoms with Crippen molar-refractivity contribution in [1.82, 2.24) is 10.6 Å². The van der Waals surface area contributed by atoms with Crippen molar-refractivity contribution in [3.05, 3.63) is 54.6 Å². The number of hydrogen-bond donors (Lipinski definition) is 2. The van der Waals surface area contributed by atoms with Crippen LogP contribution in [-0.4, -0.2) is 49.3 Å². The zero-order valence-corrected chi connectivity index (χ0v) is 16.8. The summed E-state index contributed by atoms with van der Waals surface area (Å²) in [5, 5.41) is 6.39. The number of hydrogen-bond acceptors (Lipinski definition) is 4. The number of para-hydroxylation sites is 2. The average molecular weight is 390 g/mol. The molecular formula is C20H27N3O3S. The SMILES string of the molecule is CN=C(NCCS(=O)c1ccccc1)NCC(C)Oc1ccccc1OC. The maximum atomic E-state index is 12.2. The predicted octanol–water partition coefficient (Wildman–Crippen LogP) is 2.44. The molecule has 2 aromatic rings. The second-order valence-corrected chi connectivity index (χ2v) is 7.39. The van der Waals surface area contributed by atoms with Crippen molar-refractivity contribution in [3.63, 3.8) is 0 Å².